The number of nitrogens with one attached hydrogen (secondary N) is 1. The van der Waals surface area contributed by atoms with Crippen molar-refractivity contribution < 1.29 is 19.4 Å². The average molecular weight is 311 g/mol. The fourth-order valence-electron chi connectivity index (χ4n) is 2.25. The Labute approximate surface area is 126 Å². The maximum absolute atomic E-state index is 14.0. The molecule has 1 unspecified atom stereocenters. The van der Waals surface area contributed by atoms with Crippen molar-refractivity contribution in [3.63, 3.8) is 0 Å². The Balaban J connectivity index is 2.41. The lowest BCUT2D eigenvalue weighted by atomic mass is 10.0. The predicted octanol–water partition coefficient (Wildman–Crippen LogP) is 2.85. The molecule has 0 aliphatic heterocycles. The molecule has 114 valence electrons. The van der Waals surface area contributed by atoms with Gasteiger partial charge in [0, 0.05) is 28.2 Å². The average Bonchev–Trinajstić information content (AvgIpc) is 2.79. The van der Waals surface area contributed by atoms with Crippen LogP contribution >= 0.6 is 11.3 Å². The maximum atomic E-state index is 14.0. The molecule has 0 aliphatic carbocycles. The Morgan fingerprint density at radius 1 is 1.43 bits per heavy atom. The third-order valence-electron chi connectivity index (χ3n) is 3.50. The van der Waals surface area contributed by atoms with E-state index in [1.807, 2.05) is 13.8 Å². The molecule has 4 nitrogen and oxygen atoms in total. The SMILES string of the molecule is CC(C)C(CO)NCc1c(C(=O)O)sc2cccc(F)c12. The van der Waals surface area contributed by atoms with Gasteiger partial charge in [-0.3, -0.25) is 0 Å². The molecule has 1 aromatic carbocycles. The summed E-state index contributed by atoms with van der Waals surface area (Å²) in [5.41, 5.74) is 0.444. The molecule has 0 saturated heterocycles. The summed E-state index contributed by atoms with van der Waals surface area (Å²) in [6, 6.07) is 4.45. The lowest BCUT2D eigenvalue weighted by molar-refractivity contribution is 0.0701. The minimum Gasteiger partial charge on any atom is -0.477 e. The number of thiophene rings is 1. The van der Waals surface area contributed by atoms with Gasteiger partial charge in [0.15, 0.2) is 0 Å². The standard InChI is InChI=1S/C15H18FNO3S/c1-8(2)11(7-18)17-6-9-13-10(16)4-3-5-12(13)21-14(9)15(19)20/h3-5,8,11,17-18H,6-7H2,1-2H3,(H,19,20). The fourth-order valence-corrected chi connectivity index (χ4v) is 3.33. The van der Waals surface area contributed by atoms with Gasteiger partial charge in [-0.1, -0.05) is 19.9 Å². The smallest absolute Gasteiger partial charge is 0.346 e. The van der Waals surface area contributed by atoms with Gasteiger partial charge in [-0.15, -0.1) is 11.3 Å². The normalized spacial score (nSPS) is 13.0. The largest absolute Gasteiger partial charge is 0.477 e. The molecule has 0 radical (unpaired) electrons. The molecular formula is C15H18FNO3S. The summed E-state index contributed by atoms with van der Waals surface area (Å²) < 4.78 is 14.6. The van der Waals surface area contributed by atoms with Crippen molar-refractivity contribution in [3.8, 4) is 0 Å². The lowest BCUT2D eigenvalue weighted by Gasteiger charge is -2.20. The Morgan fingerprint density at radius 3 is 2.71 bits per heavy atom. The van der Waals surface area contributed by atoms with Gasteiger partial charge in [-0.05, 0) is 18.1 Å². The molecule has 0 saturated carbocycles. The summed E-state index contributed by atoms with van der Waals surface area (Å²) in [6.45, 7) is 4.08. The minimum atomic E-state index is -1.06. The van der Waals surface area contributed by atoms with Gasteiger partial charge in [0.2, 0.25) is 0 Å². The molecule has 1 aromatic heterocycles. The summed E-state index contributed by atoms with van der Waals surface area (Å²) in [7, 11) is 0. The molecule has 6 heteroatoms. The molecule has 0 spiro atoms. The van der Waals surface area contributed by atoms with E-state index in [9.17, 15) is 19.4 Å². The van der Waals surface area contributed by atoms with Crippen molar-refractivity contribution in [1.82, 2.24) is 5.32 Å². The number of rotatable bonds is 6. The molecule has 3 N–H and O–H groups in total. The van der Waals surface area contributed by atoms with E-state index in [1.165, 1.54) is 6.07 Å². The van der Waals surface area contributed by atoms with Crippen LogP contribution in [0.25, 0.3) is 10.1 Å². The number of aliphatic hydroxyl groups is 1. The summed E-state index contributed by atoms with van der Waals surface area (Å²) in [5.74, 6) is -1.28. The monoisotopic (exact) mass is 311 g/mol. The van der Waals surface area contributed by atoms with Crippen LogP contribution in [0.4, 0.5) is 4.39 Å². The van der Waals surface area contributed by atoms with Crippen LogP contribution in [0.2, 0.25) is 0 Å². The van der Waals surface area contributed by atoms with Gasteiger partial charge >= 0.3 is 5.97 Å². The van der Waals surface area contributed by atoms with E-state index < -0.39 is 11.8 Å². The van der Waals surface area contributed by atoms with Gasteiger partial charge in [-0.25, -0.2) is 9.18 Å². The van der Waals surface area contributed by atoms with Crippen molar-refractivity contribution in [2.75, 3.05) is 6.61 Å². The molecule has 21 heavy (non-hydrogen) atoms. The number of aliphatic hydroxyl groups excluding tert-OH is 1. The van der Waals surface area contributed by atoms with Gasteiger partial charge < -0.3 is 15.5 Å². The number of carboxylic acids is 1. The maximum Gasteiger partial charge on any atom is 0.346 e. The van der Waals surface area contributed by atoms with Gasteiger partial charge in [0.05, 0.1) is 6.61 Å². The fraction of sp³-hybridized carbons (Fsp3) is 0.400. The zero-order chi connectivity index (χ0) is 15.6. The second-order valence-electron chi connectivity index (χ2n) is 5.24. The highest BCUT2D eigenvalue weighted by Crippen LogP contribution is 2.33. The molecule has 0 amide bonds. The second kappa shape index (κ2) is 6.51. The topological polar surface area (TPSA) is 69.6 Å². The van der Waals surface area contributed by atoms with E-state index in [0.29, 0.717) is 15.6 Å². The number of carbonyl (C=O) groups is 1. The van der Waals surface area contributed by atoms with Crippen LogP contribution < -0.4 is 5.32 Å². The first kappa shape index (κ1) is 15.9. The molecular weight excluding hydrogens is 293 g/mol. The third kappa shape index (κ3) is 3.23. The highest BCUT2D eigenvalue weighted by molar-refractivity contribution is 7.21. The zero-order valence-corrected chi connectivity index (χ0v) is 12.7. The summed E-state index contributed by atoms with van der Waals surface area (Å²) >= 11 is 1.07. The van der Waals surface area contributed by atoms with Crippen LogP contribution in [0.15, 0.2) is 18.2 Å². The number of aromatic carboxylic acids is 1. The molecule has 0 aliphatic rings. The highest BCUT2D eigenvalue weighted by Gasteiger charge is 2.21. The van der Waals surface area contributed by atoms with Gasteiger partial charge in [0.25, 0.3) is 0 Å². The Kier molecular flexibility index (Phi) is 4.92. The van der Waals surface area contributed by atoms with Crippen molar-refractivity contribution in [2.24, 2.45) is 5.92 Å². The lowest BCUT2D eigenvalue weighted by Crippen LogP contribution is -2.36. The first-order valence-corrected chi connectivity index (χ1v) is 7.54. The van der Waals surface area contributed by atoms with Crippen LogP contribution in [-0.4, -0.2) is 28.8 Å². The summed E-state index contributed by atoms with van der Waals surface area (Å²) in [4.78, 5) is 11.5. The van der Waals surface area contributed by atoms with Crippen molar-refractivity contribution >= 4 is 27.4 Å². The zero-order valence-electron chi connectivity index (χ0n) is 11.9. The number of benzene rings is 1. The Hall–Kier alpha value is -1.50. The molecule has 2 rings (SSSR count). The van der Waals surface area contributed by atoms with Crippen molar-refractivity contribution in [2.45, 2.75) is 26.4 Å². The number of hydrogen-bond donors (Lipinski definition) is 3. The van der Waals surface area contributed by atoms with Crippen LogP contribution in [0.3, 0.4) is 0 Å². The van der Waals surface area contributed by atoms with E-state index in [4.69, 9.17) is 0 Å². The quantitative estimate of drug-likeness (QED) is 0.767. The molecule has 1 atom stereocenters. The molecule has 0 bridgehead atoms. The highest BCUT2D eigenvalue weighted by atomic mass is 32.1. The van der Waals surface area contributed by atoms with E-state index in [-0.39, 0.29) is 30.0 Å². The number of fused-ring (bicyclic) bond motifs is 1. The summed E-state index contributed by atoms with van der Waals surface area (Å²) in [5, 5.41) is 22.1. The summed E-state index contributed by atoms with van der Waals surface area (Å²) in [6.07, 6.45) is 0. The third-order valence-corrected chi connectivity index (χ3v) is 4.69. The van der Waals surface area contributed by atoms with Crippen molar-refractivity contribution in [1.29, 1.82) is 0 Å². The van der Waals surface area contributed by atoms with Gasteiger partial charge in [0.1, 0.15) is 10.7 Å². The first-order chi connectivity index (χ1) is 9.95. The number of carboxylic acid groups (broad SMARTS) is 1. The number of halogens is 1. The van der Waals surface area contributed by atoms with Crippen molar-refractivity contribution in [3.05, 3.63) is 34.5 Å². The molecule has 1 heterocycles. The molecule has 0 fully saturated rings. The predicted molar refractivity (Wildman–Crippen MR) is 81.3 cm³/mol. The van der Waals surface area contributed by atoms with E-state index >= 15 is 0 Å². The van der Waals surface area contributed by atoms with E-state index in [2.05, 4.69) is 5.32 Å². The van der Waals surface area contributed by atoms with E-state index in [1.54, 1.807) is 12.1 Å². The van der Waals surface area contributed by atoms with Crippen LogP contribution in [0, 0.1) is 11.7 Å². The van der Waals surface area contributed by atoms with Gasteiger partial charge in [-0.2, -0.15) is 0 Å². The van der Waals surface area contributed by atoms with Crippen LogP contribution in [0.1, 0.15) is 29.1 Å². The van der Waals surface area contributed by atoms with E-state index in [0.717, 1.165) is 11.3 Å². The minimum absolute atomic E-state index is 0.0510. The Bertz CT molecular complexity index is 654. The Morgan fingerprint density at radius 2 is 2.14 bits per heavy atom. The first-order valence-electron chi connectivity index (χ1n) is 6.73. The van der Waals surface area contributed by atoms with Crippen LogP contribution in [-0.2, 0) is 6.54 Å². The number of hydrogen-bond acceptors (Lipinski definition) is 4. The molecule has 2 aromatic rings. The van der Waals surface area contributed by atoms with Crippen LogP contribution in [0.5, 0.6) is 0 Å². The second-order valence-corrected chi connectivity index (χ2v) is 6.29.